The van der Waals surface area contributed by atoms with Crippen LogP contribution in [0.4, 0.5) is 15.9 Å². The van der Waals surface area contributed by atoms with Gasteiger partial charge in [-0.15, -0.1) is 10.2 Å². The highest BCUT2D eigenvalue weighted by molar-refractivity contribution is 6.31. The summed E-state index contributed by atoms with van der Waals surface area (Å²) in [5.41, 5.74) is 1.29. The van der Waals surface area contributed by atoms with Crippen molar-refractivity contribution in [1.29, 1.82) is 0 Å². The van der Waals surface area contributed by atoms with E-state index >= 15 is 4.39 Å². The molecule has 4 aromatic rings. The van der Waals surface area contributed by atoms with Crippen molar-refractivity contribution >= 4 is 39.8 Å². The number of benzene rings is 2. The minimum atomic E-state index is -0.392. The predicted molar refractivity (Wildman–Crippen MR) is 114 cm³/mol. The van der Waals surface area contributed by atoms with Crippen molar-refractivity contribution in [3.05, 3.63) is 59.1 Å². The summed E-state index contributed by atoms with van der Waals surface area (Å²) in [6.07, 6.45) is 1.58. The van der Waals surface area contributed by atoms with E-state index in [0.29, 0.717) is 27.9 Å². The first-order valence-electron chi connectivity index (χ1n) is 9.09. The van der Waals surface area contributed by atoms with Crippen LogP contribution in [0.5, 0.6) is 0 Å². The molecule has 0 radical (unpaired) electrons. The first kappa shape index (κ1) is 19.2. The number of nitrogens with zero attached hydrogens (tertiary/aromatic N) is 5. The van der Waals surface area contributed by atoms with E-state index in [4.69, 9.17) is 11.6 Å². The zero-order chi connectivity index (χ0) is 20.8. The van der Waals surface area contributed by atoms with Crippen LogP contribution in [0, 0.1) is 23.1 Å². The van der Waals surface area contributed by atoms with E-state index in [0.717, 1.165) is 10.9 Å². The fourth-order valence-electron chi connectivity index (χ4n) is 3.02. The van der Waals surface area contributed by atoms with Crippen LogP contribution in [0.1, 0.15) is 26.3 Å². The molecule has 2 aromatic heterocycles. The Morgan fingerprint density at radius 2 is 1.97 bits per heavy atom. The molecule has 0 saturated heterocycles. The molecule has 0 spiro atoms. The highest BCUT2D eigenvalue weighted by atomic mass is 35.5. The highest BCUT2D eigenvalue weighted by Crippen LogP contribution is 2.33. The van der Waals surface area contributed by atoms with Crippen molar-refractivity contribution in [1.82, 2.24) is 19.6 Å². The predicted octanol–water partition coefficient (Wildman–Crippen LogP) is 5.24. The second-order valence-corrected chi connectivity index (χ2v) is 8.23. The minimum Gasteiger partial charge on any atom is -0.326 e. The van der Waals surface area contributed by atoms with Crippen LogP contribution in [-0.4, -0.2) is 26.6 Å². The molecule has 7 heteroatoms. The summed E-state index contributed by atoms with van der Waals surface area (Å²) in [7, 11) is 1.77. The molecule has 2 heterocycles. The average Bonchev–Trinajstić information content (AvgIpc) is 3.14. The van der Waals surface area contributed by atoms with E-state index in [9.17, 15) is 0 Å². The zero-order valence-corrected chi connectivity index (χ0v) is 17.3. The van der Waals surface area contributed by atoms with Gasteiger partial charge in [0.25, 0.3) is 5.78 Å². The van der Waals surface area contributed by atoms with E-state index in [-0.39, 0.29) is 5.41 Å². The van der Waals surface area contributed by atoms with E-state index in [1.165, 1.54) is 0 Å². The van der Waals surface area contributed by atoms with Gasteiger partial charge in [0, 0.05) is 22.9 Å². The molecule has 0 aliphatic rings. The van der Waals surface area contributed by atoms with Crippen LogP contribution >= 0.6 is 11.6 Å². The third kappa shape index (κ3) is 3.62. The molecular formula is C22H19ClFN5. The molecule has 0 atom stereocenters. The van der Waals surface area contributed by atoms with Gasteiger partial charge >= 0.3 is 0 Å². The number of anilines is 2. The monoisotopic (exact) mass is 407 g/mol. The number of hydrogen-bond donors (Lipinski definition) is 0. The maximum atomic E-state index is 15.3. The van der Waals surface area contributed by atoms with E-state index in [2.05, 4.69) is 27.0 Å². The second-order valence-electron chi connectivity index (χ2n) is 7.80. The van der Waals surface area contributed by atoms with Crippen molar-refractivity contribution < 1.29 is 4.39 Å². The Labute approximate surface area is 173 Å². The Kier molecular flexibility index (Phi) is 4.64. The van der Waals surface area contributed by atoms with Gasteiger partial charge in [0.2, 0.25) is 0 Å². The fourth-order valence-corrected chi connectivity index (χ4v) is 3.19. The Morgan fingerprint density at radius 1 is 1.17 bits per heavy atom. The lowest BCUT2D eigenvalue weighted by molar-refractivity contribution is 0.570. The summed E-state index contributed by atoms with van der Waals surface area (Å²) in [5.74, 6) is 6.60. The van der Waals surface area contributed by atoms with Crippen molar-refractivity contribution in [2.45, 2.75) is 20.8 Å². The molecule has 2 aromatic carbocycles. The standard InChI is InChI=1S/C22H19ClFN5/c1-22(2,3)11-10-14-6-5-7-17(19(14)24)28(4)20-16-9-8-15(23)12-18(16)29-13-25-27-21(29)26-20/h5-9,12-13H,1-4H3. The van der Waals surface area contributed by atoms with Gasteiger partial charge < -0.3 is 4.90 Å². The molecule has 0 aliphatic carbocycles. The van der Waals surface area contributed by atoms with Crippen LogP contribution in [0.15, 0.2) is 42.7 Å². The number of hydrogen-bond acceptors (Lipinski definition) is 4. The Morgan fingerprint density at radius 3 is 2.72 bits per heavy atom. The maximum Gasteiger partial charge on any atom is 0.257 e. The normalized spacial score (nSPS) is 11.5. The highest BCUT2D eigenvalue weighted by Gasteiger charge is 2.18. The van der Waals surface area contributed by atoms with Crippen molar-refractivity contribution in [3.8, 4) is 11.8 Å². The summed E-state index contributed by atoms with van der Waals surface area (Å²) in [6, 6.07) is 10.6. The lowest BCUT2D eigenvalue weighted by atomic mass is 9.97. The van der Waals surface area contributed by atoms with Gasteiger partial charge in [-0.05, 0) is 51.1 Å². The third-order valence-electron chi connectivity index (χ3n) is 4.43. The van der Waals surface area contributed by atoms with E-state index in [1.807, 2.05) is 32.9 Å². The quantitative estimate of drug-likeness (QED) is 0.426. The molecule has 29 heavy (non-hydrogen) atoms. The maximum absolute atomic E-state index is 15.3. The molecule has 0 saturated carbocycles. The van der Waals surface area contributed by atoms with Gasteiger partial charge in [-0.1, -0.05) is 29.5 Å². The largest absolute Gasteiger partial charge is 0.326 e. The smallest absolute Gasteiger partial charge is 0.257 e. The molecule has 0 aliphatic heterocycles. The van der Waals surface area contributed by atoms with Gasteiger partial charge in [-0.25, -0.2) is 4.39 Å². The average molecular weight is 408 g/mol. The molecular weight excluding hydrogens is 389 g/mol. The van der Waals surface area contributed by atoms with Gasteiger partial charge in [0.1, 0.15) is 12.1 Å². The van der Waals surface area contributed by atoms with Gasteiger partial charge in [0.05, 0.1) is 16.8 Å². The molecule has 0 N–H and O–H groups in total. The van der Waals surface area contributed by atoms with Crippen LogP contribution in [0.3, 0.4) is 0 Å². The van der Waals surface area contributed by atoms with Crippen molar-refractivity contribution in [2.24, 2.45) is 5.41 Å². The van der Waals surface area contributed by atoms with E-state index in [1.54, 1.807) is 46.9 Å². The number of halogens is 2. The van der Waals surface area contributed by atoms with Crippen molar-refractivity contribution in [3.63, 3.8) is 0 Å². The van der Waals surface area contributed by atoms with Crippen molar-refractivity contribution in [2.75, 3.05) is 11.9 Å². The first-order chi connectivity index (χ1) is 13.7. The molecule has 0 fully saturated rings. The molecule has 0 amide bonds. The molecule has 0 unspecified atom stereocenters. The van der Waals surface area contributed by atoms with Crippen LogP contribution in [0.2, 0.25) is 5.02 Å². The fraction of sp³-hybridized carbons (Fsp3) is 0.227. The number of aromatic nitrogens is 4. The van der Waals surface area contributed by atoms with E-state index < -0.39 is 5.82 Å². The lowest BCUT2D eigenvalue weighted by Crippen LogP contribution is -2.15. The van der Waals surface area contributed by atoms with Gasteiger partial charge in [0.15, 0.2) is 5.82 Å². The number of rotatable bonds is 2. The summed E-state index contributed by atoms with van der Waals surface area (Å²) in [6.45, 7) is 5.97. The Bertz CT molecular complexity index is 1290. The minimum absolute atomic E-state index is 0.218. The van der Waals surface area contributed by atoms with Crippen LogP contribution in [-0.2, 0) is 0 Å². The topological polar surface area (TPSA) is 46.3 Å². The van der Waals surface area contributed by atoms with Gasteiger partial charge in [-0.3, -0.25) is 4.40 Å². The Balaban J connectivity index is 1.89. The Hall–Kier alpha value is -3.17. The summed E-state index contributed by atoms with van der Waals surface area (Å²) >= 11 is 6.19. The summed E-state index contributed by atoms with van der Waals surface area (Å²) in [4.78, 5) is 6.29. The van der Waals surface area contributed by atoms with Gasteiger partial charge in [-0.2, -0.15) is 4.98 Å². The summed E-state index contributed by atoms with van der Waals surface area (Å²) < 4.78 is 17.0. The molecule has 0 bridgehead atoms. The SMILES string of the molecule is CN(c1cccc(C#CC(C)(C)C)c1F)c1nc2nncn2c2cc(Cl)ccc12. The second kappa shape index (κ2) is 7.02. The van der Waals surface area contributed by atoms with Crippen LogP contribution in [0.25, 0.3) is 16.7 Å². The first-order valence-corrected chi connectivity index (χ1v) is 9.47. The lowest BCUT2D eigenvalue weighted by Gasteiger charge is -2.21. The molecule has 146 valence electrons. The summed E-state index contributed by atoms with van der Waals surface area (Å²) in [5, 5.41) is 9.36. The zero-order valence-electron chi connectivity index (χ0n) is 16.5. The molecule has 5 nitrogen and oxygen atoms in total. The third-order valence-corrected chi connectivity index (χ3v) is 4.66. The van der Waals surface area contributed by atoms with Crippen LogP contribution < -0.4 is 4.90 Å². The molecule has 4 rings (SSSR count). The number of fused-ring (bicyclic) bond motifs is 3.